The second kappa shape index (κ2) is 3.16. The van der Waals surface area contributed by atoms with Gasteiger partial charge in [0, 0.05) is 21.1 Å². The van der Waals surface area contributed by atoms with Crippen molar-refractivity contribution < 1.29 is 26.2 Å². The van der Waals surface area contributed by atoms with Crippen molar-refractivity contribution in [3.8, 4) is 5.06 Å². The number of aromatic nitrogens is 1. The Morgan fingerprint density at radius 2 is 2.43 bits per heavy atom. The molecular formula is C3H3NOSW. The van der Waals surface area contributed by atoms with E-state index in [4.69, 9.17) is 5.11 Å². The van der Waals surface area contributed by atoms with E-state index in [1.807, 2.05) is 0 Å². The summed E-state index contributed by atoms with van der Waals surface area (Å²) in [5.41, 5.74) is 1.58. The van der Waals surface area contributed by atoms with Gasteiger partial charge in [0.1, 0.15) is 0 Å². The first-order valence-electron chi connectivity index (χ1n) is 1.47. The van der Waals surface area contributed by atoms with E-state index in [9.17, 15) is 0 Å². The van der Waals surface area contributed by atoms with E-state index in [-0.39, 0.29) is 26.1 Å². The van der Waals surface area contributed by atoms with Crippen LogP contribution in [0.25, 0.3) is 0 Å². The van der Waals surface area contributed by atoms with Crippen molar-refractivity contribution in [2.45, 2.75) is 0 Å². The van der Waals surface area contributed by atoms with Crippen LogP contribution in [0.1, 0.15) is 0 Å². The normalized spacial score (nSPS) is 7.43. The van der Waals surface area contributed by atoms with Crippen LogP contribution < -0.4 is 0 Å². The topological polar surface area (TPSA) is 33.1 Å². The molecule has 0 aliphatic carbocycles. The van der Waals surface area contributed by atoms with Crippen LogP contribution in [0.4, 0.5) is 0 Å². The molecule has 0 spiro atoms. The Morgan fingerprint density at radius 3 is 2.57 bits per heavy atom. The maximum atomic E-state index is 8.43. The van der Waals surface area contributed by atoms with Gasteiger partial charge in [-0.3, -0.25) is 0 Å². The molecule has 4 heteroatoms. The molecule has 1 aromatic rings. The fourth-order valence-electron chi connectivity index (χ4n) is 0.209. The van der Waals surface area contributed by atoms with E-state index >= 15 is 0 Å². The maximum absolute atomic E-state index is 8.43. The van der Waals surface area contributed by atoms with Gasteiger partial charge >= 0.3 is 0 Å². The first-order chi connectivity index (χ1) is 2.89. The SMILES string of the molecule is Oc1cncs1.[W]. The molecule has 1 heterocycles. The predicted molar refractivity (Wildman–Crippen MR) is 23.8 cm³/mol. The zero-order chi connectivity index (χ0) is 4.41. The first kappa shape index (κ1) is 7.12. The molecule has 1 rings (SSSR count). The van der Waals surface area contributed by atoms with Crippen molar-refractivity contribution in [3.05, 3.63) is 11.7 Å². The molecule has 0 amide bonds. The minimum Gasteiger partial charge on any atom is -0.498 e. The largest absolute Gasteiger partial charge is 0.498 e. The van der Waals surface area contributed by atoms with Crippen LogP contribution in [-0.4, -0.2) is 10.1 Å². The van der Waals surface area contributed by atoms with Crippen LogP contribution >= 0.6 is 11.3 Å². The summed E-state index contributed by atoms with van der Waals surface area (Å²) in [7, 11) is 0. The molecule has 7 heavy (non-hydrogen) atoms. The van der Waals surface area contributed by atoms with Crippen LogP contribution in [-0.2, 0) is 21.1 Å². The smallest absolute Gasteiger partial charge is 0.191 e. The van der Waals surface area contributed by atoms with Crippen molar-refractivity contribution >= 4 is 11.3 Å². The summed E-state index contributed by atoms with van der Waals surface area (Å²) in [4.78, 5) is 3.59. The summed E-state index contributed by atoms with van der Waals surface area (Å²) in [6.45, 7) is 0. The van der Waals surface area contributed by atoms with Crippen LogP contribution in [0.3, 0.4) is 0 Å². The molecule has 0 aromatic carbocycles. The molecule has 0 fully saturated rings. The van der Waals surface area contributed by atoms with Gasteiger partial charge in [-0.2, -0.15) is 0 Å². The van der Waals surface area contributed by atoms with Crippen molar-refractivity contribution in [1.29, 1.82) is 0 Å². The van der Waals surface area contributed by atoms with E-state index in [1.165, 1.54) is 17.5 Å². The van der Waals surface area contributed by atoms with Crippen LogP contribution in [0.2, 0.25) is 0 Å². The fourth-order valence-corrected chi connectivity index (χ4v) is 0.560. The third-order valence-corrected chi connectivity index (χ3v) is 0.993. The Kier molecular flexibility index (Phi) is 3.22. The Labute approximate surface area is 59.5 Å². The number of nitrogens with zero attached hydrogens (tertiary/aromatic N) is 1. The molecule has 0 bridgehead atoms. The molecule has 0 atom stereocenters. The van der Waals surface area contributed by atoms with Gasteiger partial charge < -0.3 is 5.11 Å². The molecule has 2 nitrogen and oxygen atoms in total. The van der Waals surface area contributed by atoms with E-state index < -0.39 is 0 Å². The Bertz CT molecular complexity index is 118. The Morgan fingerprint density at radius 1 is 1.71 bits per heavy atom. The Hall–Kier alpha value is 0.118. The third kappa shape index (κ3) is 2.05. The van der Waals surface area contributed by atoms with Gasteiger partial charge in [0.2, 0.25) is 0 Å². The Balaban J connectivity index is 0.000000360. The summed E-state index contributed by atoms with van der Waals surface area (Å²) >= 11 is 1.22. The second-order valence-electron chi connectivity index (χ2n) is 0.840. The number of hydrogen-bond donors (Lipinski definition) is 1. The van der Waals surface area contributed by atoms with Gasteiger partial charge in [0.15, 0.2) is 5.06 Å². The summed E-state index contributed by atoms with van der Waals surface area (Å²) in [6, 6.07) is 0. The van der Waals surface area contributed by atoms with Crippen molar-refractivity contribution in [2.75, 3.05) is 0 Å². The van der Waals surface area contributed by atoms with E-state index in [0.717, 1.165) is 0 Å². The fraction of sp³-hybridized carbons (Fsp3) is 0. The van der Waals surface area contributed by atoms with E-state index in [0.29, 0.717) is 0 Å². The maximum Gasteiger partial charge on any atom is 0.191 e. The molecule has 0 aliphatic heterocycles. The van der Waals surface area contributed by atoms with Crippen LogP contribution in [0.5, 0.6) is 5.06 Å². The van der Waals surface area contributed by atoms with Crippen molar-refractivity contribution in [3.63, 3.8) is 0 Å². The monoisotopic (exact) mass is 285 g/mol. The van der Waals surface area contributed by atoms with Gasteiger partial charge in [-0.05, 0) is 0 Å². The van der Waals surface area contributed by atoms with Gasteiger partial charge in [0.05, 0.1) is 11.7 Å². The molecule has 1 aromatic heterocycles. The molecule has 0 aliphatic rings. The van der Waals surface area contributed by atoms with Crippen molar-refractivity contribution in [2.24, 2.45) is 0 Å². The third-order valence-electron chi connectivity index (χ3n) is 0.419. The zero-order valence-corrected chi connectivity index (χ0v) is 7.12. The zero-order valence-electron chi connectivity index (χ0n) is 3.37. The number of aromatic hydroxyl groups is 1. The van der Waals surface area contributed by atoms with Gasteiger partial charge in [-0.25, -0.2) is 4.98 Å². The molecule has 0 saturated carbocycles. The average Bonchev–Trinajstić information content (AvgIpc) is 1.86. The summed E-state index contributed by atoms with van der Waals surface area (Å²) in [6.07, 6.45) is 1.41. The first-order valence-corrected chi connectivity index (χ1v) is 2.35. The van der Waals surface area contributed by atoms with Gasteiger partial charge in [-0.15, -0.1) is 0 Å². The standard InChI is InChI=1S/C3H3NOS.W/c5-3-1-4-2-6-3;/h1-2,5H;. The quantitative estimate of drug-likeness (QED) is 0.766. The van der Waals surface area contributed by atoms with E-state index in [1.54, 1.807) is 5.51 Å². The molecule has 0 unspecified atom stereocenters. The second-order valence-corrected chi connectivity index (χ2v) is 1.70. The molecule has 0 saturated heterocycles. The average molecular weight is 285 g/mol. The molecule has 38 valence electrons. The number of hydrogen-bond acceptors (Lipinski definition) is 3. The molecule has 1 N–H and O–H groups in total. The van der Waals surface area contributed by atoms with Crippen molar-refractivity contribution in [1.82, 2.24) is 4.98 Å². The minimum atomic E-state index is 0. The molecular weight excluding hydrogens is 282 g/mol. The minimum absolute atomic E-state index is 0. The number of rotatable bonds is 0. The van der Waals surface area contributed by atoms with Crippen LogP contribution in [0, 0.1) is 0 Å². The van der Waals surface area contributed by atoms with Crippen LogP contribution in [0.15, 0.2) is 11.7 Å². The van der Waals surface area contributed by atoms with Gasteiger partial charge in [0.25, 0.3) is 0 Å². The van der Waals surface area contributed by atoms with E-state index in [2.05, 4.69) is 4.98 Å². The van der Waals surface area contributed by atoms with Gasteiger partial charge in [-0.1, -0.05) is 11.3 Å². The summed E-state index contributed by atoms with van der Waals surface area (Å²) < 4.78 is 0. The summed E-state index contributed by atoms with van der Waals surface area (Å²) in [5, 5.41) is 8.70. The summed E-state index contributed by atoms with van der Waals surface area (Å²) in [5.74, 6) is 0. The number of thiazole rings is 1. The molecule has 0 radical (unpaired) electrons. The predicted octanol–water partition coefficient (Wildman–Crippen LogP) is 0.846.